The highest BCUT2D eigenvalue weighted by molar-refractivity contribution is 6.44. The normalized spacial score (nSPS) is 17.4. The summed E-state index contributed by atoms with van der Waals surface area (Å²) in [5.74, 6) is -2.73. The third-order valence-electron chi connectivity index (χ3n) is 4.01. The number of hydrogen-bond acceptors (Lipinski definition) is 5. The second-order valence-electron chi connectivity index (χ2n) is 5.50. The molecule has 0 spiro atoms. The Labute approximate surface area is 137 Å². The van der Waals surface area contributed by atoms with Crippen molar-refractivity contribution in [2.24, 2.45) is 0 Å². The van der Waals surface area contributed by atoms with Crippen molar-refractivity contribution in [1.82, 2.24) is 14.7 Å². The van der Waals surface area contributed by atoms with Crippen molar-refractivity contribution in [3.05, 3.63) is 35.4 Å². The Hall–Kier alpha value is -3.03. The number of hydrogen-bond donors (Lipinski definition) is 0. The first-order valence-electron chi connectivity index (χ1n) is 7.60. The van der Waals surface area contributed by atoms with E-state index in [4.69, 9.17) is 0 Å². The van der Waals surface area contributed by atoms with Gasteiger partial charge in [-0.3, -0.25) is 33.9 Å². The fraction of sp³-hybridized carbons (Fsp3) is 0.312. The first-order chi connectivity index (χ1) is 11.5. The minimum Gasteiger partial charge on any atom is -0.273 e. The van der Waals surface area contributed by atoms with Gasteiger partial charge in [-0.1, -0.05) is 19.1 Å². The molecule has 0 N–H and O–H groups in total. The Morgan fingerprint density at radius 3 is 1.62 bits per heavy atom. The highest BCUT2D eigenvalue weighted by Crippen LogP contribution is 2.22. The summed E-state index contributed by atoms with van der Waals surface area (Å²) in [5.41, 5.74) is 0.593. The smallest absolute Gasteiger partial charge is 0.273 e. The molecule has 2 aliphatic heterocycles. The zero-order chi connectivity index (χ0) is 17.4. The van der Waals surface area contributed by atoms with Gasteiger partial charge in [0.25, 0.3) is 11.8 Å². The lowest BCUT2D eigenvalue weighted by atomic mass is 10.1. The fourth-order valence-electron chi connectivity index (χ4n) is 2.81. The highest BCUT2D eigenvalue weighted by Gasteiger charge is 2.44. The van der Waals surface area contributed by atoms with E-state index in [9.17, 15) is 24.0 Å². The maximum atomic E-state index is 12.2. The van der Waals surface area contributed by atoms with E-state index in [0.717, 1.165) is 14.7 Å². The summed E-state index contributed by atoms with van der Waals surface area (Å²) in [6.45, 7) is 1.60. The van der Waals surface area contributed by atoms with Crippen LogP contribution in [0.2, 0.25) is 0 Å². The minimum absolute atomic E-state index is 0.142. The topological polar surface area (TPSA) is 95.1 Å². The van der Waals surface area contributed by atoms with Gasteiger partial charge in [0.2, 0.25) is 0 Å². The van der Waals surface area contributed by atoms with E-state index in [2.05, 4.69) is 0 Å². The zero-order valence-corrected chi connectivity index (χ0v) is 13.0. The van der Waals surface area contributed by atoms with E-state index in [-0.39, 0.29) is 19.6 Å². The number of carbonyl (C=O) groups is 5. The first-order valence-corrected chi connectivity index (χ1v) is 7.60. The number of nitrogens with zero attached hydrogens (tertiary/aromatic N) is 3. The van der Waals surface area contributed by atoms with Crippen LogP contribution in [0.1, 0.15) is 34.1 Å². The van der Waals surface area contributed by atoms with Gasteiger partial charge in [0.15, 0.2) is 0 Å². The van der Waals surface area contributed by atoms with Crippen molar-refractivity contribution in [3.8, 4) is 0 Å². The second kappa shape index (κ2) is 5.88. The molecular weight excluding hydrogens is 314 g/mol. The lowest BCUT2D eigenvalue weighted by Gasteiger charge is -2.18. The first kappa shape index (κ1) is 15.9. The number of rotatable bonds is 5. The summed E-state index contributed by atoms with van der Waals surface area (Å²) in [6.07, 6.45) is 0.539. The molecule has 1 aromatic carbocycles. The van der Waals surface area contributed by atoms with Crippen LogP contribution in [0, 0.1) is 0 Å². The van der Waals surface area contributed by atoms with Crippen LogP contribution in [0.3, 0.4) is 0 Å². The van der Waals surface area contributed by atoms with Crippen molar-refractivity contribution in [1.29, 1.82) is 0 Å². The summed E-state index contributed by atoms with van der Waals surface area (Å²) in [6, 6.07) is 5.70. The standard InChI is InChI=1S/C16H15N3O5/c1-2-7-18-14(22)15(23)19(16(18)24)9-8-17-12(20)10-5-3-4-6-11(10)13(17)21/h3-6H,2,7-9H2,1H3. The van der Waals surface area contributed by atoms with Gasteiger partial charge in [0.1, 0.15) is 0 Å². The van der Waals surface area contributed by atoms with Crippen LogP contribution in [0.5, 0.6) is 0 Å². The highest BCUT2D eigenvalue weighted by atomic mass is 16.2. The van der Waals surface area contributed by atoms with Gasteiger partial charge in [-0.15, -0.1) is 0 Å². The third-order valence-corrected chi connectivity index (χ3v) is 4.01. The summed E-state index contributed by atoms with van der Waals surface area (Å²) >= 11 is 0. The Morgan fingerprint density at radius 2 is 1.12 bits per heavy atom. The monoisotopic (exact) mass is 329 g/mol. The van der Waals surface area contributed by atoms with Gasteiger partial charge < -0.3 is 0 Å². The summed E-state index contributed by atoms with van der Waals surface area (Å²) in [5, 5.41) is 0. The average molecular weight is 329 g/mol. The zero-order valence-electron chi connectivity index (χ0n) is 13.0. The fourth-order valence-corrected chi connectivity index (χ4v) is 2.81. The number of carbonyl (C=O) groups excluding carboxylic acids is 5. The van der Waals surface area contributed by atoms with Crippen molar-refractivity contribution < 1.29 is 24.0 Å². The van der Waals surface area contributed by atoms with Gasteiger partial charge in [0.05, 0.1) is 11.1 Å². The van der Waals surface area contributed by atoms with Crippen LogP contribution in [-0.2, 0) is 9.59 Å². The Kier molecular flexibility index (Phi) is 3.88. The van der Waals surface area contributed by atoms with Crippen LogP contribution >= 0.6 is 0 Å². The van der Waals surface area contributed by atoms with E-state index in [0.29, 0.717) is 17.5 Å². The summed E-state index contributed by atoms with van der Waals surface area (Å²) in [7, 11) is 0. The lowest BCUT2D eigenvalue weighted by Crippen LogP contribution is -2.41. The van der Waals surface area contributed by atoms with Crippen LogP contribution in [0.4, 0.5) is 4.79 Å². The number of urea groups is 1. The molecule has 0 radical (unpaired) electrons. The molecule has 0 bridgehead atoms. The molecular formula is C16H15N3O5. The number of imide groups is 3. The molecule has 24 heavy (non-hydrogen) atoms. The second-order valence-corrected chi connectivity index (χ2v) is 5.50. The molecule has 0 saturated carbocycles. The molecule has 0 atom stereocenters. The molecule has 2 aliphatic rings. The largest absolute Gasteiger partial charge is 0.334 e. The number of benzene rings is 1. The summed E-state index contributed by atoms with van der Waals surface area (Å²) in [4.78, 5) is 63.0. The van der Waals surface area contributed by atoms with E-state index in [1.165, 1.54) is 0 Å². The van der Waals surface area contributed by atoms with Gasteiger partial charge in [0, 0.05) is 19.6 Å². The Morgan fingerprint density at radius 1 is 0.667 bits per heavy atom. The molecule has 0 aromatic heterocycles. The van der Waals surface area contributed by atoms with Crippen LogP contribution in [0.15, 0.2) is 24.3 Å². The van der Waals surface area contributed by atoms with Crippen LogP contribution in [-0.4, -0.2) is 64.0 Å². The van der Waals surface area contributed by atoms with Crippen molar-refractivity contribution in [2.75, 3.05) is 19.6 Å². The number of amides is 6. The average Bonchev–Trinajstić information content (AvgIpc) is 2.94. The lowest BCUT2D eigenvalue weighted by molar-refractivity contribution is -0.143. The van der Waals surface area contributed by atoms with Crippen molar-refractivity contribution >= 4 is 29.7 Å². The quantitative estimate of drug-likeness (QED) is 0.445. The SMILES string of the molecule is CCCN1C(=O)C(=O)N(CCN2C(=O)c3ccccc3C2=O)C1=O. The molecule has 8 heteroatoms. The molecule has 1 saturated heterocycles. The molecule has 124 valence electrons. The molecule has 6 amide bonds. The van der Waals surface area contributed by atoms with E-state index < -0.39 is 29.7 Å². The van der Waals surface area contributed by atoms with Crippen molar-refractivity contribution in [3.63, 3.8) is 0 Å². The van der Waals surface area contributed by atoms with Crippen LogP contribution < -0.4 is 0 Å². The Balaban J connectivity index is 1.72. The predicted octanol–water partition coefficient (Wildman–Crippen LogP) is 0.483. The molecule has 8 nitrogen and oxygen atoms in total. The van der Waals surface area contributed by atoms with Gasteiger partial charge in [-0.2, -0.15) is 0 Å². The predicted molar refractivity (Wildman–Crippen MR) is 80.9 cm³/mol. The third kappa shape index (κ3) is 2.27. The molecule has 0 aliphatic carbocycles. The maximum Gasteiger partial charge on any atom is 0.334 e. The van der Waals surface area contributed by atoms with Crippen LogP contribution in [0.25, 0.3) is 0 Å². The minimum atomic E-state index is -0.926. The number of fused-ring (bicyclic) bond motifs is 1. The molecule has 0 unspecified atom stereocenters. The molecule has 1 aromatic rings. The molecule has 2 heterocycles. The van der Waals surface area contributed by atoms with Gasteiger partial charge in [-0.25, -0.2) is 4.79 Å². The van der Waals surface area contributed by atoms with E-state index in [1.54, 1.807) is 31.2 Å². The van der Waals surface area contributed by atoms with Crippen molar-refractivity contribution in [2.45, 2.75) is 13.3 Å². The maximum absolute atomic E-state index is 12.2. The molecule has 1 fully saturated rings. The summed E-state index contributed by atoms with van der Waals surface area (Å²) < 4.78 is 0. The van der Waals surface area contributed by atoms with E-state index >= 15 is 0 Å². The van der Waals surface area contributed by atoms with Gasteiger partial charge in [-0.05, 0) is 18.6 Å². The Bertz CT molecular complexity index is 738. The molecule has 3 rings (SSSR count). The van der Waals surface area contributed by atoms with Gasteiger partial charge >= 0.3 is 17.8 Å². The van der Waals surface area contributed by atoms with E-state index in [1.807, 2.05) is 0 Å².